The lowest BCUT2D eigenvalue weighted by Gasteiger charge is -2.20. The van der Waals surface area contributed by atoms with Crippen molar-refractivity contribution >= 4 is 28.5 Å². The number of rotatable bonds is 9. The van der Waals surface area contributed by atoms with Crippen LogP contribution in [-0.2, 0) is 4.74 Å². The summed E-state index contributed by atoms with van der Waals surface area (Å²) in [5, 5.41) is 2.66. The lowest BCUT2D eigenvalue weighted by atomic mass is 9.97. The number of halogens is 3. The van der Waals surface area contributed by atoms with Gasteiger partial charge >= 0.3 is 12.1 Å². The number of nitrogens with zero attached hydrogens (tertiary/aromatic N) is 3. The number of benzene rings is 1. The number of nitrogen functional groups attached to an aromatic ring is 2. The zero-order valence-corrected chi connectivity index (χ0v) is 23.7. The predicted molar refractivity (Wildman–Crippen MR) is 146 cm³/mol. The Hall–Kier alpha value is -4.03. The van der Waals surface area contributed by atoms with E-state index in [1.54, 1.807) is 27.7 Å². The summed E-state index contributed by atoms with van der Waals surface area (Å²) in [7, 11) is 1.28. The molecule has 40 heavy (non-hydrogen) atoms. The molecule has 1 amide bonds. The molecule has 0 spiro atoms. The SMILES string of the molecule is COc1nc(N)c2c(OC(C)CCCCNC(=O)OC(C)(C)C)nc(-c3c(C)c(C)c(F)c(N)c3F)c(F)c2n1. The van der Waals surface area contributed by atoms with Gasteiger partial charge in [0.2, 0.25) is 5.88 Å². The molecule has 218 valence electrons. The molecule has 3 aromatic rings. The smallest absolute Gasteiger partial charge is 0.407 e. The third-order valence-corrected chi connectivity index (χ3v) is 6.16. The first-order chi connectivity index (χ1) is 18.7. The third-order valence-electron chi connectivity index (χ3n) is 6.16. The summed E-state index contributed by atoms with van der Waals surface area (Å²) >= 11 is 0. The maximum Gasteiger partial charge on any atom is 0.407 e. The van der Waals surface area contributed by atoms with Crippen LogP contribution in [0.25, 0.3) is 22.2 Å². The Morgan fingerprint density at radius 1 is 1.00 bits per heavy atom. The number of carbonyl (C=O) groups excluding carboxylic acids is 1. The number of methoxy groups -OCH3 is 1. The summed E-state index contributed by atoms with van der Waals surface area (Å²) in [5.74, 6) is -3.40. The predicted octanol–water partition coefficient (Wildman–Crippen LogP) is 5.36. The quantitative estimate of drug-likeness (QED) is 0.231. The average molecular weight is 565 g/mol. The van der Waals surface area contributed by atoms with Crippen LogP contribution in [0.3, 0.4) is 0 Å². The molecule has 2 heterocycles. The normalized spacial score (nSPS) is 12.3. The van der Waals surface area contributed by atoms with E-state index in [1.807, 2.05) is 0 Å². The molecule has 1 unspecified atom stereocenters. The molecule has 5 N–H and O–H groups in total. The number of pyridine rings is 1. The maximum absolute atomic E-state index is 15.9. The molecule has 0 bridgehead atoms. The van der Waals surface area contributed by atoms with Gasteiger partial charge in [-0.1, -0.05) is 0 Å². The highest BCUT2D eigenvalue weighted by molar-refractivity contribution is 5.96. The van der Waals surface area contributed by atoms with Crippen molar-refractivity contribution in [2.75, 3.05) is 25.1 Å². The summed E-state index contributed by atoms with van der Waals surface area (Å²) in [5.41, 5.74) is 9.44. The number of hydrogen-bond donors (Lipinski definition) is 3. The number of fused-ring (bicyclic) bond motifs is 1. The standard InChI is InChI=1S/C27H35F3N6O4/c1-12(10-8-9-11-33-26(37)40-27(4,5)6)39-24-16-22(35-25(38-7)36-23(16)32)19(30)21(34-24)15-13(2)14(3)17(28)20(31)18(15)29/h12H,8-11,31H2,1-7H3,(H,33,37)(H2,32,35,36). The van der Waals surface area contributed by atoms with Crippen LogP contribution >= 0.6 is 0 Å². The van der Waals surface area contributed by atoms with Gasteiger partial charge in [0.15, 0.2) is 17.5 Å². The van der Waals surface area contributed by atoms with Crippen molar-refractivity contribution < 1.29 is 32.2 Å². The van der Waals surface area contributed by atoms with Crippen LogP contribution < -0.4 is 26.3 Å². The van der Waals surface area contributed by atoms with Crippen molar-refractivity contribution in [1.29, 1.82) is 0 Å². The van der Waals surface area contributed by atoms with Crippen molar-refractivity contribution in [2.24, 2.45) is 0 Å². The van der Waals surface area contributed by atoms with Crippen LogP contribution in [0.15, 0.2) is 0 Å². The summed E-state index contributed by atoms with van der Waals surface area (Å²) in [6, 6.07) is -0.218. The van der Waals surface area contributed by atoms with E-state index in [0.29, 0.717) is 25.8 Å². The van der Waals surface area contributed by atoms with Gasteiger partial charge in [0, 0.05) is 12.1 Å². The lowest BCUT2D eigenvalue weighted by Crippen LogP contribution is -2.33. The summed E-state index contributed by atoms with van der Waals surface area (Å²) < 4.78 is 61.8. The number of aromatic nitrogens is 3. The van der Waals surface area contributed by atoms with E-state index in [4.69, 9.17) is 25.7 Å². The van der Waals surface area contributed by atoms with Gasteiger partial charge in [0.1, 0.15) is 33.7 Å². The Morgan fingerprint density at radius 2 is 1.68 bits per heavy atom. The molecule has 0 saturated carbocycles. The van der Waals surface area contributed by atoms with Gasteiger partial charge in [-0.3, -0.25) is 0 Å². The Kier molecular flexibility index (Phi) is 9.16. The molecule has 1 atom stereocenters. The summed E-state index contributed by atoms with van der Waals surface area (Å²) in [6.45, 7) is 10.3. The van der Waals surface area contributed by atoms with Crippen LogP contribution in [0.4, 0.5) is 29.5 Å². The minimum absolute atomic E-state index is 0.0228. The highest BCUT2D eigenvalue weighted by Crippen LogP contribution is 2.40. The van der Waals surface area contributed by atoms with Gasteiger partial charge in [0.05, 0.1) is 13.2 Å². The van der Waals surface area contributed by atoms with Gasteiger partial charge in [-0.25, -0.2) is 22.9 Å². The molecule has 0 aliphatic rings. The first-order valence-corrected chi connectivity index (χ1v) is 12.7. The number of amides is 1. The van der Waals surface area contributed by atoms with Gasteiger partial charge in [-0.15, -0.1) is 0 Å². The molecular weight excluding hydrogens is 529 g/mol. The number of carbonyl (C=O) groups is 1. The maximum atomic E-state index is 15.9. The van der Waals surface area contributed by atoms with Crippen LogP contribution in [0.1, 0.15) is 58.1 Å². The Labute approximate surface area is 230 Å². The Morgan fingerprint density at radius 3 is 2.30 bits per heavy atom. The van der Waals surface area contributed by atoms with Crippen molar-refractivity contribution in [3.05, 3.63) is 28.6 Å². The highest BCUT2D eigenvalue weighted by Gasteiger charge is 2.28. The number of hydrogen-bond acceptors (Lipinski definition) is 9. The van der Waals surface area contributed by atoms with Crippen molar-refractivity contribution in [3.63, 3.8) is 0 Å². The monoisotopic (exact) mass is 564 g/mol. The third kappa shape index (κ3) is 6.57. The number of alkyl carbamates (subject to hydrolysis) is 1. The van der Waals surface area contributed by atoms with E-state index in [2.05, 4.69) is 20.3 Å². The highest BCUT2D eigenvalue weighted by atomic mass is 19.1. The van der Waals surface area contributed by atoms with Crippen LogP contribution in [0.2, 0.25) is 0 Å². The summed E-state index contributed by atoms with van der Waals surface area (Å²) in [4.78, 5) is 24.1. The van der Waals surface area contributed by atoms with Crippen LogP contribution in [0, 0.1) is 31.3 Å². The van der Waals surface area contributed by atoms with E-state index in [1.165, 1.54) is 21.0 Å². The fourth-order valence-corrected chi connectivity index (χ4v) is 4.03. The van der Waals surface area contributed by atoms with Crippen LogP contribution in [0.5, 0.6) is 11.9 Å². The van der Waals surface area contributed by atoms with E-state index >= 15 is 8.78 Å². The zero-order valence-electron chi connectivity index (χ0n) is 23.7. The molecule has 0 saturated heterocycles. The molecular formula is C27H35F3N6O4. The molecule has 0 aliphatic heterocycles. The number of nitrogens with one attached hydrogen (secondary N) is 1. The zero-order chi connectivity index (χ0) is 29.9. The second kappa shape index (κ2) is 12.0. The Bertz CT molecular complexity index is 1400. The molecule has 13 heteroatoms. The number of unbranched alkanes of at least 4 members (excludes halogenated alkanes) is 1. The lowest BCUT2D eigenvalue weighted by molar-refractivity contribution is 0.0526. The fourth-order valence-electron chi connectivity index (χ4n) is 4.03. The average Bonchev–Trinajstić information content (AvgIpc) is 2.87. The van der Waals surface area contributed by atoms with Crippen molar-refractivity contribution in [2.45, 2.75) is 72.5 Å². The molecule has 0 radical (unpaired) electrons. The fraction of sp³-hybridized carbons (Fsp3) is 0.481. The topological polar surface area (TPSA) is 148 Å². The van der Waals surface area contributed by atoms with E-state index in [-0.39, 0.29) is 45.3 Å². The first kappa shape index (κ1) is 30.5. The second-order valence-electron chi connectivity index (χ2n) is 10.4. The largest absolute Gasteiger partial charge is 0.474 e. The minimum Gasteiger partial charge on any atom is -0.474 e. The van der Waals surface area contributed by atoms with Gasteiger partial charge in [0.25, 0.3) is 0 Å². The first-order valence-electron chi connectivity index (χ1n) is 12.7. The van der Waals surface area contributed by atoms with E-state index in [0.717, 1.165) is 0 Å². The summed E-state index contributed by atoms with van der Waals surface area (Å²) in [6.07, 6.45) is 0.860. The number of anilines is 2. The molecule has 3 rings (SSSR count). The van der Waals surface area contributed by atoms with Crippen molar-refractivity contribution in [3.8, 4) is 23.1 Å². The number of nitrogens with two attached hydrogens (primary N) is 2. The van der Waals surface area contributed by atoms with E-state index in [9.17, 15) is 9.18 Å². The van der Waals surface area contributed by atoms with Gasteiger partial charge < -0.3 is 31.0 Å². The van der Waals surface area contributed by atoms with Gasteiger partial charge in [-0.2, -0.15) is 9.97 Å². The second-order valence-corrected chi connectivity index (χ2v) is 10.4. The molecule has 10 nitrogen and oxygen atoms in total. The molecule has 2 aromatic heterocycles. The number of ether oxygens (including phenoxy) is 3. The Balaban J connectivity index is 1.94. The van der Waals surface area contributed by atoms with Crippen LogP contribution in [-0.4, -0.2) is 46.4 Å². The molecule has 1 aromatic carbocycles. The molecule has 0 aliphatic carbocycles. The van der Waals surface area contributed by atoms with Crippen molar-refractivity contribution in [1.82, 2.24) is 20.3 Å². The van der Waals surface area contributed by atoms with E-state index < -0.39 is 46.6 Å². The minimum atomic E-state index is -1.16. The molecule has 0 fully saturated rings. The van der Waals surface area contributed by atoms with Gasteiger partial charge in [-0.05, 0) is 71.9 Å².